The maximum absolute atomic E-state index is 2.60. The molecule has 100 valence electrons. The lowest BCUT2D eigenvalue weighted by Gasteiger charge is -2.38. The van der Waals surface area contributed by atoms with Gasteiger partial charge in [0.15, 0.2) is 0 Å². The van der Waals surface area contributed by atoms with Crippen molar-refractivity contribution < 1.29 is 0 Å². The minimum absolute atomic E-state index is 0.856. The summed E-state index contributed by atoms with van der Waals surface area (Å²) < 4.78 is 0. The third kappa shape index (κ3) is 3.96. The summed E-state index contributed by atoms with van der Waals surface area (Å²) in [6, 6.07) is 1.71. The van der Waals surface area contributed by atoms with E-state index in [0.29, 0.717) is 0 Å². The fourth-order valence-corrected chi connectivity index (χ4v) is 3.63. The second kappa shape index (κ2) is 6.75. The van der Waals surface area contributed by atoms with Crippen LogP contribution in [-0.4, -0.2) is 42.6 Å². The highest BCUT2D eigenvalue weighted by Crippen LogP contribution is 2.24. The monoisotopic (exact) mass is 238 g/mol. The Hall–Kier alpha value is -0.0800. The van der Waals surface area contributed by atoms with Crippen LogP contribution in [0.5, 0.6) is 0 Å². The van der Waals surface area contributed by atoms with E-state index in [9.17, 15) is 0 Å². The molecule has 0 amide bonds. The number of hydrogen-bond donors (Lipinski definition) is 0. The van der Waals surface area contributed by atoms with Gasteiger partial charge < -0.3 is 0 Å². The van der Waals surface area contributed by atoms with Crippen molar-refractivity contribution in [1.29, 1.82) is 0 Å². The van der Waals surface area contributed by atoms with Gasteiger partial charge in [0.2, 0.25) is 0 Å². The van der Waals surface area contributed by atoms with E-state index < -0.39 is 0 Å². The van der Waals surface area contributed by atoms with Crippen molar-refractivity contribution in [3.8, 4) is 0 Å². The molecule has 2 aliphatic carbocycles. The largest absolute Gasteiger partial charge is 0.291 e. The highest BCUT2D eigenvalue weighted by molar-refractivity contribution is 4.77. The molecule has 0 saturated heterocycles. The first kappa shape index (κ1) is 13.4. The molecule has 0 heterocycles. The summed E-state index contributed by atoms with van der Waals surface area (Å²) in [5, 5.41) is 0. The lowest BCUT2D eigenvalue weighted by atomic mass is 9.94. The molecule has 0 spiro atoms. The molecule has 0 aliphatic heterocycles. The van der Waals surface area contributed by atoms with Gasteiger partial charge in [0.25, 0.3) is 0 Å². The van der Waals surface area contributed by atoms with E-state index in [-0.39, 0.29) is 0 Å². The molecule has 2 heteroatoms. The Bertz CT molecular complexity index is 183. The Kier molecular flexibility index (Phi) is 5.30. The Morgan fingerprint density at radius 2 is 1.00 bits per heavy atom. The normalized spacial score (nSPS) is 24.7. The average Bonchev–Trinajstić information content (AvgIpc) is 2.40. The first-order valence-electron chi connectivity index (χ1n) is 7.68. The molecule has 0 aromatic heterocycles. The van der Waals surface area contributed by atoms with Gasteiger partial charge in [0.05, 0.1) is 6.67 Å². The van der Waals surface area contributed by atoms with Gasteiger partial charge in [-0.25, -0.2) is 0 Å². The van der Waals surface area contributed by atoms with Crippen molar-refractivity contribution in [1.82, 2.24) is 9.80 Å². The van der Waals surface area contributed by atoms with E-state index in [1.165, 1.54) is 70.9 Å². The van der Waals surface area contributed by atoms with Gasteiger partial charge in [-0.3, -0.25) is 9.80 Å². The molecule has 0 radical (unpaired) electrons. The minimum atomic E-state index is 0.856. The third-order valence-electron chi connectivity index (χ3n) is 4.84. The number of hydrogen-bond acceptors (Lipinski definition) is 2. The molecule has 0 aromatic rings. The van der Waals surface area contributed by atoms with Gasteiger partial charge in [0, 0.05) is 12.1 Å². The van der Waals surface area contributed by atoms with Gasteiger partial charge >= 0.3 is 0 Å². The summed E-state index contributed by atoms with van der Waals surface area (Å²) in [5.41, 5.74) is 0. The van der Waals surface area contributed by atoms with Gasteiger partial charge in [-0.2, -0.15) is 0 Å². The lowest BCUT2D eigenvalue weighted by molar-refractivity contribution is 0.0752. The molecule has 0 bridgehead atoms. The number of rotatable bonds is 4. The second-order valence-electron chi connectivity index (χ2n) is 6.24. The predicted octanol–water partition coefficient (Wildman–Crippen LogP) is 3.47. The fourth-order valence-electron chi connectivity index (χ4n) is 3.63. The zero-order valence-corrected chi connectivity index (χ0v) is 11.8. The van der Waals surface area contributed by atoms with Crippen LogP contribution in [0.2, 0.25) is 0 Å². The van der Waals surface area contributed by atoms with Crippen molar-refractivity contribution in [2.45, 2.75) is 76.3 Å². The maximum Gasteiger partial charge on any atom is 0.0505 e. The standard InChI is InChI=1S/C15H30N2/c1-16(14-9-5-3-6-10-14)13-17(2)15-11-7-4-8-12-15/h14-15H,3-13H2,1-2H3. The van der Waals surface area contributed by atoms with Crippen molar-refractivity contribution in [2.24, 2.45) is 0 Å². The molecule has 0 N–H and O–H groups in total. The zero-order chi connectivity index (χ0) is 12.1. The van der Waals surface area contributed by atoms with Crippen molar-refractivity contribution in [3.63, 3.8) is 0 Å². The summed E-state index contributed by atoms with van der Waals surface area (Å²) in [6.07, 6.45) is 14.4. The summed E-state index contributed by atoms with van der Waals surface area (Å²) in [5.74, 6) is 0. The van der Waals surface area contributed by atoms with E-state index in [2.05, 4.69) is 23.9 Å². The van der Waals surface area contributed by atoms with Crippen LogP contribution in [0.3, 0.4) is 0 Å². The van der Waals surface area contributed by atoms with E-state index >= 15 is 0 Å². The summed E-state index contributed by atoms with van der Waals surface area (Å²) in [6.45, 7) is 1.18. The molecular weight excluding hydrogens is 208 g/mol. The van der Waals surface area contributed by atoms with Gasteiger partial charge in [-0.05, 0) is 39.8 Å². The van der Waals surface area contributed by atoms with Crippen LogP contribution in [0.1, 0.15) is 64.2 Å². The van der Waals surface area contributed by atoms with E-state index in [4.69, 9.17) is 0 Å². The average molecular weight is 238 g/mol. The molecule has 2 saturated carbocycles. The SMILES string of the molecule is CN(CN(C)C1CCCCC1)C1CCCCC1. The lowest BCUT2D eigenvalue weighted by Crippen LogP contribution is -2.45. The highest BCUT2D eigenvalue weighted by Gasteiger charge is 2.22. The fraction of sp³-hybridized carbons (Fsp3) is 1.00. The maximum atomic E-state index is 2.60. The molecule has 2 fully saturated rings. The molecule has 0 atom stereocenters. The van der Waals surface area contributed by atoms with Crippen molar-refractivity contribution in [2.75, 3.05) is 20.8 Å². The zero-order valence-electron chi connectivity index (χ0n) is 11.8. The van der Waals surface area contributed by atoms with Crippen LogP contribution in [0.4, 0.5) is 0 Å². The summed E-state index contributed by atoms with van der Waals surface area (Å²) in [7, 11) is 4.66. The van der Waals surface area contributed by atoms with Gasteiger partial charge in [-0.1, -0.05) is 38.5 Å². The number of nitrogens with zero attached hydrogens (tertiary/aromatic N) is 2. The van der Waals surface area contributed by atoms with Crippen molar-refractivity contribution >= 4 is 0 Å². The topological polar surface area (TPSA) is 6.48 Å². The van der Waals surface area contributed by atoms with Crippen LogP contribution in [0.25, 0.3) is 0 Å². The Balaban J connectivity index is 1.74. The summed E-state index contributed by atoms with van der Waals surface area (Å²) >= 11 is 0. The van der Waals surface area contributed by atoms with Gasteiger partial charge in [0.1, 0.15) is 0 Å². The van der Waals surface area contributed by atoms with E-state index in [0.717, 1.165) is 12.1 Å². The Morgan fingerprint density at radius 3 is 1.35 bits per heavy atom. The second-order valence-corrected chi connectivity index (χ2v) is 6.24. The molecule has 2 rings (SSSR count). The molecule has 2 aliphatic rings. The first-order chi connectivity index (χ1) is 8.27. The Labute approximate surface area is 107 Å². The minimum Gasteiger partial charge on any atom is -0.291 e. The molecule has 0 aromatic carbocycles. The van der Waals surface area contributed by atoms with E-state index in [1.807, 2.05) is 0 Å². The quantitative estimate of drug-likeness (QED) is 0.692. The van der Waals surface area contributed by atoms with E-state index in [1.54, 1.807) is 0 Å². The molecule has 17 heavy (non-hydrogen) atoms. The van der Waals surface area contributed by atoms with Crippen LogP contribution >= 0.6 is 0 Å². The van der Waals surface area contributed by atoms with Crippen LogP contribution in [0, 0.1) is 0 Å². The summed E-state index contributed by atoms with van der Waals surface area (Å²) in [4.78, 5) is 5.21. The van der Waals surface area contributed by atoms with Crippen LogP contribution < -0.4 is 0 Å². The molecular formula is C15H30N2. The molecule has 0 unspecified atom stereocenters. The Morgan fingerprint density at radius 1 is 0.647 bits per heavy atom. The highest BCUT2D eigenvalue weighted by atomic mass is 15.3. The molecule has 2 nitrogen and oxygen atoms in total. The van der Waals surface area contributed by atoms with Gasteiger partial charge in [-0.15, -0.1) is 0 Å². The smallest absolute Gasteiger partial charge is 0.0505 e. The predicted molar refractivity (Wildman–Crippen MR) is 74.1 cm³/mol. The first-order valence-corrected chi connectivity index (χ1v) is 7.68. The third-order valence-corrected chi connectivity index (χ3v) is 4.84. The van der Waals surface area contributed by atoms with Crippen LogP contribution in [-0.2, 0) is 0 Å². The van der Waals surface area contributed by atoms with Crippen molar-refractivity contribution in [3.05, 3.63) is 0 Å². The van der Waals surface area contributed by atoms with Crippen LogP contribution in [0.15, 0.2) is 0 Å².